The second-order valence-electron chi connectivity index (χ2n) is 8.18. The van der Waals surface area contributed by atoms with Crippen molar-refractivity contribution in [3.05, 3.63) is 70.1 Å². The van der Waals surface area contributed by atoms with Gasteiger partial charge in [-0.15, -0.1) is 0 Å². The van der Waals surface area contributed by atoms with E-state index in [2.05, 4.69) is 5.10 Å². The molecule has 0 amide bonds. The summed E-state index contributed by atoms with van der Waals surface area (Å²) < 4.78 is 12.6. The van der Waals surface area contributed by atoms with Gasteiger partial charge in [0, 0.05) is 35.3 Å². The van der Waals surface area contributed by atoms with Crippen LogP contribution in [-0.2, 0) is 9.53 Å². The summed E-state index contributed by atoms with van der Waals surface area (Å²) in [7, 11) is 1.23. The number of carbonyl (C=O) groups excluding carboxylic acids is 1. The molecule has 0 aliphatic carbocycles. The Morgan fingerprint density at radius 1 is 1.12 bits per heavy atom. The number of esters is 1. The molecule has 176 valence electrons. The van der Waals surface area contributed by atoms with Gasteiger partial charge in [0.2, 0.25) is 5.75 Å². The van der Waals surface area contributed by atoms with Gasteiger partial charge in [-0.25, -0.2) is 0 Å². The first-order valence-electron chi connectivity index (χ1n) is 10.6. The fraction of sp³-hybridized carbons (Fsp3) is 0.240. The van der Waals surface area contributed by atoms with Gasteiger partial charge in [-0.05, 0) is 19.4 Å². The van der Waals surface area contributed by atoms with Crippen LogP contribution in [0.1, 0.15) is 43.4 Å². The number of aromatic nitrogens is 2. The van der Waals surface area contributed by atoms with Crippen LogP contribution in [0.2, 0.25) is 0 Å². The number of hydrogen-bond donors (Lipinski definition) is 3. The van der Waals surface area contributed by atoms with E-state index in [1.165, 1.54) is 19.4 Å². The molecule has 0 saturated heterocycles. The molecule has 9 nitrogen and oxygen atoms in total. The SMILES string of the molecule is COC(=O)C[C@@H](c1cnn(C(C)C)c1)c1c(O)c(O)c(O)c2c(=O)cc(-c3ccccc3)oc12. The van der Waals surface area contributed by atoms with Gasteiger partial charge < -0.3 is 24.5 Å². The number of benzene rings is 2. The molecule has 4 aromatic rings. The number of carbonyl (C=O) groups is 1. The molecule has 0 saturated carbocycles. The van der Waals surface area contributed by atoms with Gasteiger partial charge >= 0.3 is 5.97 Å². The van der Waals surface area contributed by atoms with E-state index in [4.69, 9.17) is 9.15 Å². The number of fused-ring (bicyclic) bond motifs is 1. The van der Waals surface area contributed by atoms with Crippen LogP contribution in [0.25, 0.3) is 22.3 Å². The predicted molar refractivity (Wildman–Crippen MR) is 124 cm³/mol. The Hall–Kier alpha value is -4.27. The Bertz CT molecular complexity index is 1420. The number of ether oxygens (including phenoxy) is 1. The first kappa shape index (κ1) is 22.9. The smallest absolute Gasteiger partial charge is 0.306 e. The molecule has 2 aromatic heterocycles. The topological polar surface area (TPSA) is 135 Å². The summed E-state index contributed by atoms with van der Waals surface area (Å²) in [6, 6.07) is 10.0. The maximum Gasteiger partial charge on any atom is 0.306 e. The number of methoxy groups -OCH3 is 1. The molecule has 2 aromatic carbocycles. The molecule has 0 unspecified atom stereocenters. The van der Waals surface area contributed by atoms with Crippen LogP contribution < -0.4 is 5.43 Å². The lowest BCUT2D eigenvalue weighted by Crippen LogP contribution is -2.12. The number of aromatic hydroxyl groups is 3. The van der Waals surface area contributed by atoms with E-state index >= 15 is 0 Å². The van der Waals surface area contributed by atoms with E-state index in [-0.39, 0.29) is 34.8 Å². The van der Waals surface area contributed by atoms with Crippen LogP contribution in [-0.4, -0.2) is 38.2 Å². The molecule has 0 bridgehead atoms. The van der Waals surface area contributed by atoms with Gasteiger partial charge in [0.15, 0.2) is 16.9 Å². The van der Waals surface area contributed by atoms with Crippen molar-refractivity contribution in [3.63, 3.8) is 0 Å². The van der Waals surface area contributed by atoms with Crippen molar-refractivity contribution in [2.45, 2.75) is 32.2 Å². The first-order valence-corrected chi connectivity index (χ1v) is 10.6. The van der Waals surface area contributed by atoms with Crippen molar-refractivity contribution in [2.75, 3.05) is 7.11 Å². The quantitative estimate of drug-likeness (QED) is 0.287. The van der Waals surface area contributed by atoms with Crippen LogP contribution in [0.15, 0.2) is 58.0 Å². The highest BCUT2D eigenvalue weighted by atomic mass is 16.5. The Morgan fingerprint density at radius 2 is 1.82 bits per heavy atom. The van der Waals surface area contributed by atoms with Gasteiger partial charge in [0.1, 0.15) is 16.7 Å². The monoisotopic (exact) mass is 464 g/mol. The van der Waals surface area contributed by atoms with Gasteiger partial charge in [-0.3, -0.25) is 14.3 Å². The van der Waals surface area contributed by atoms with E-state index in [0.29, 0.717) is 11.1 Å². The molecule has 0 fully saturated rings. The fourth-order valence-electron chi connectivity index (χ4n) is 3.89. The minimum atomic E-state index is -0.900. The van der Waals surface area contributed by atoms with Crippen molar-refractivity contribution in [1.29, 1.82) is 0 Å². The van der Waals surface area contributed by atoms with Crippen molar-refractivity contribution in [3.8, 4) is 28.6 Å². The summed E-state index contributed by atoms with van der Waals surface area (Å²) in [6.07, 6.45) is 2.99. The largest absolute Gasteiger partial charge is 0.504 e. The van der Waals surface area contributed by atoms with E-state index in [0.717, 1.165) is 0 Å². The lowest BCUT2D eigenvalue weighted by Gasteiger charge is -2.19. The summed E-state index contributed by atoms with van der Waals surface area (Å²) in [5.74, 6) is -3.69. The maximum atomic E-state index is 13.0. The third-order valence-electron chi connectivity index (χ3n) is 5.69. The molecule has 0 radical (unpaired) electrons. The standard InChI is InChI=1S/C25H24N2O7/c1-13(2)27-12-15(11-26-27)16(9-19(29)33-3)20-22(30)24(32)23(31)21-17(28)10-18(34-25(20)21)14-7-5-4-6-8-14/h4-8,10-13,16,30-32H,9H2,1-3H3/t16-/m0/s1. The lowest BCUT2D eigenvalue weighted by molar-refractivity contribution is -0.140. The summed E-state index contributed by atoms with van der Waals surface area (Å²) in [5, 5.41) is 35.9. The highest BCUT2D eigenvalue weighted by molar-refractivity contribution is 5.93. The Balaban J connectivity index is 2.06. The van der Waals surface area contributed by atoms with Crippen molar-refractivity contribution >= 4 is 16.9 Å². The second kappa shape index (κ2) is 8.93. The van der Waals surface area contributed by atoms with E-state index < -0.39 is 34.6 Å². The van der Waals surface area contributed by atoms with Crippen molar-refractivity contribution in [1.82, 2.24) is 9.78 Å². The number of phenols is 3. The first-order chi connectivity index (χ1) is 16.2. The molecular weight excluding hydrogens is 440 g/mol. The zero-order valence-electron chi connectivity index (χ0n) is 18.8. The molecule has 3 N–H and O–H groups in total. The van der Waals surface area contributed by atoms with Crippen LogP contribution in [0.5, 0.6) is 17.2 Å². The third kappa shape index (κ3) is 3.96. The van der Waals surface area contributed by atoms with Crippen LogP contribution >= 0.6 is 0 Å². The van der Waals surface area contributed by atoms with Crippen LogP contribution in [0.3, 0.4) is 0 Å². The molecule has 9 heteroatoms. The molecule has 0 aliphatic heterocycles. The predicted octanol–water partition coefficient (Wildman–Crippen LogP) is 4.05. The second-order valence-corrected chi connectivity index (χ2v) is 8.18. The number of nitrogens with zero attached hydrogens (tertiary/aromatic N) is 2. The molecule has 0 spiro atoms. The molecular formula is C25H24N2O7. The molecule has 4 rings (SSSR count). The van der Waals surface area contributed by atoms with Crippen LogP contribution in [0, 0.1) is 0 Å². The zero-order valence-corrected chi connectivity index (χ0v) is 18.8. The molecule has 0 aliphatic rings. The average molecular weight is 464 g/mol. The third-order valence-corrected chi connectivity index (χ3v) is 5.69. The highest BCUT2D eigenvalue weighted by Gasteiger charge is 2.32. The minimum Gasteiger partial charge on any atom is -0.504 e. The normalized spacial score (nSPS) is 12.2. The van der Waals surface area contributed by atoms with E-state index in [9.17, 15) is 24.9 Å². The van der Waals surface area contributed by atoms with E-state index in [1.54, 1.807) is 35.1 Å². The molecule has 2 heterocycles. The van der Waals surface area contributed by atoms with Gasteiger partial charge in [-0.2, -0.15) is 5.10 Å². The maximum absolute atomic E-state index is 13.0. The average Bonchev–Trinajstić information content (AvgIpc) is 3.32. The Morgan fingerprint density at radius 3 is 2.44 bits per heavy atom. The Kier molecular flexibility index (Phi) is 6.02. The number of hydrogen-bond acceptors (Lipinski definition) is 8. The fourth-order valence-corrected chi connectivity index (χ4v) is 3.89. The van der Waals surface area contributed by atoms with Gasteiger partial charge in [0.05, 0.1) is 19.7 Å². The number of rotatable bonds is 6. The summed E-state index contributed by atoms with van der Waals surface area (Å²) >= 11 is 0. The number of phenolic OH excluding ortho intramolecular Hbond substituents is 3. The van der Waals surface area contributed by atoms with Crippen LogP contribution in [0.4, 0.5) is 0 Å². The Labute approximate surface area is 194 Å². The minimum absolute atomic E-state index is 0.0219. The van der Waals surface area contributed by atoms with Crippen molar-refractivity contribution < 1.29 is 29.3 Å². The van der Waals surface area contributed by atoms with Gasteiger partial charge in [0.25, 0.3) is 0 Å². The molecule has 1 atom stereocenters. The summed E-state index contributed by atoms with van der Waals surface area (Å²) in [4.78, 5) is 25.3. The van der Waals surface area contributed by atoms with Crippen molar-refractivity contribution in [2.24, 2.45) is 0 Å². The van der Waals surface area contributed by atoms with Gasteiger partial charge in [-0.1, -0.05) is 30.3 Å². The highest BCUT2D eigenvalue weighted by Crippen LogP contribution is 2.49. The van der Waals surface area contributed by atoms with E-state index in [1.807, 2.05) is 19.9 Å². The molecule has 34 heavy (non-hydrogen) atoms. The summed E-state index contributed by atoms with van der Waals surface area (Å²) in [5.41, 5.74) is 0.313. The lowest BCUT2D eigenvalue weighted by atomic mass is 9.87. The zero-order chi connectivity index (χ0) is 24.6. The summed E-state index contributed by atoms with van der Waals surface area (Å²) in [6.45, 7) is 3.85.